The van der Waals surface area contributed by atoms with E-state index in [0.29, 0.717) is 6.42 Å². The van der Waals surface area contributed by atoms with Crippen LogP contribution in [-0.2, 0) is 28.8 Å². The van der Waals surface area contributed by atoms with E-state index in [1.165, 1.54) is 29.5 Å². The molecule has 0 radical (unpaired) electrons. The highest BCUT2D eigenvalue weighted by Crippen LogP contribution is 2.33. The van der Waals surface area contributed by atoms with Gasteiger partial charge in [0.2, 0.25) is 5.91 Å². The summed E-state index contributed by atoms with van der Waals surface area (Å²) in [6, 6.07) is 4.31. The number of carbonyl (C=O) groups excluding carboxylic acids is 1. The second-order valence-electron chi connectivity index (χ2n) is 8.37. The summed E-state index contributed by atoms with van der Waals surface area (Å²) >= 11 is 0. The quantitative estimate of drug-likeness (QED) is 0.653. The zero-order chi connectivity index (χ0) is 20.6. The number of aryl methyl sites for hydroxylation is 2. The average molecular weight is 384 g/mol. The van der Waals surface area contributed by atoms with Crippen LogP contribution in [0.2, 0.25) is 0 Å². The first-order chi connectivity index (χ1) is 13.4. The van der Waals surface area contributed by atoms with Gasteiger partial charge in [0.05, 0.1) is 6.42 Å². The smallest absolute Gasteiger partial charge is 0.224 e. The second-order valence-corrected chi connectivity index (χ2v) is 8.37. The van der Waals surface area contributed by atoms with Gasteiger partial charge >= 0.3 is 0 Å². The molecule has 0 aliphatic heterocycles. The predicted octanol–water partition coefficient (Wildman–Crippen LogP) is 4.83. The van der Waals surface area contributed by atoms with E-state index in [9.17, 15) is 4.79 Å². The summed E-state index contributed by atoms with van der Waals surface area (Å²) in [5.74, 6) is 7.03. The summed E-state index contributed by atoms with van der Waals surface area (Å²) in [7, 11) is 1.77. The van der Waals surface area contributed by atoms with Crippen molar-refractivity contribution in [3.8, 4) is 11.8 Å². The zero-order valence-corrected chi connectivity index (χ0v) is 18.4. The molecule has 1 aromatic carbocycles. The summed E-state index contributed by atoms with van der Waals surface area (Å²) < 4.78 is 5.22. The van der Waals surface area contributed by atoms with E-state index in [1.807, 2.05) is 6.92 Å². The molecule has 28 heavy (non-hydrogen) atoms. The van der Waals surface area contributed by atoms with E-state index in [1.54, 1.807) is 7.11 Å². The Morgan fingerprint density at radius 3 is 2.32 bits per heavy atom. The highest BCUT2D eigenvalue weighted by Gasteiger charge is 2.32. The fourth-order valence-corrected chi connectivity index (χ4v) is 4.43. The maximum absolute atomic E-state index is 12.9. The van der Waals surface area contributed by atoms with Crippen molar-refractivity contribution in [3.05, 3.63) is 34.4 Å². The number of hydrogen-bond donors (Lipinski definition) is 1. The van der Waals surface area contributed by atoms with Crippen LogP contribution in [0.15, 0.2) is 12.1 Å². The van der Waals surface area contributed by atoms with Gasteiger partial charge in [-0.15, -0.1) is 5.92 Å². The summed E-state index contributed by atoms with van der Waals surface area (Å²) in [4.78, 5) is 12.9. The van der Waals surface area contributed by atoms with Gasteiger partial charge in [0.1, 0.15) is 0 Å². The standard InChI is InChI=1S/C25H37NO2/c1-6-9-20-16-21(7-2)23(22(8-3)17-20)18-24(27)26-25(4)13-10-19(11-14-25)12-15-28-5/h16-17,19H,7-8,10-15,18H2,1-5H3,(H,26,27). The van der Waals surface area contributed by atoms with Gasteiger partial charge in [0, 0.05) is 24.8 Å². The second kappa shape index (κ2) is 10.7. The van der Waals surface area contributed by atoms with Gasteiger partial charge in [0.15, 0.2) is 0 Å². The van der Waals surface area contributed by atoms with Gasteiger partial charge in [-0.05, 0) is 93.5 Å². The van der Waals surface area contributed by atoms with Crippen LogP contribution in [0, 0.1) is 17.8 Å². The van der Waals surface area contributed by atoms with E-state index >= 15 is 0 Å². The van der Waals surface area contributed by atoms with Crippen molar-refractivity contribution in [2.75, 3.05) is 13.7 Å². The Kier molecular flexibility index (Phi) is 8.58. The van der Waals surface area contributed by atoms with Gasteiger partial charge in [-0.3, -0.25) is 4.79 Å². The van der Waals surface area contributed by atoms with E-state index < -0.39 is 0 Å². The topological polar surface area (TPSA) is 38.3 Å². The van der Waals surface area contributed by atoms with Crippen LogP contribution in [0.1, 0.15) is 82.1 Å². The van der Waals surface area contributed by atoms with E-state index in [0.717, 1.165) is 50.2 Å². The minimum atomic E-state index is -0.0764. The fraction of sp³-hybridized carbons (Fsp3) is 0.640. The molecule has 1 aliphatic carbocycles. The summed E-state index contributed by atoms with van der Waals surface area (Å²) in [6.07, 6.45) is 7.90. The highest BCUT2D eigenvalue weighted by atomic mass is 16.5. The Hall–Kier alpha value is -1.79. The Labute approximate surface area is 171 Å². The molecule has 1 aliphatic rings. The minimum Gasteiger partial charge on any atom is -0.385 e. The maximum atomic E-state index is 12.9. The summed E-state index contributed by atoms with van der Waals surface area (Å²) in [6.45, 7) is 9.22. The number of ether oxygens (including phenoxy) is 1. The molecule has 2 rings (SSSR count). The fourth-order valence-electron chi connectivity index (χ4n) is 4.43. The van der Waals surface area contributed by atoms with E-state index in [2.05, 4.69) is 50.1 Å². The molecular formula is C25H37NO2. The van der Waals surface area contributed by atoms with Crippen LogP contribution >= 0.6 is 0 Å². The molecule has 1 aromatic rings. The van der Waals surface area contributed by atoms with Crippen LogP contribution in [0.25, 0.3) is 0 Å². The number of amides is 1. The van der Waals surface area contributed by atoms with Gasteiger partial charge in [-0.25, -0.2) is 0 Å². The highest BCUT2D eigenvalue weighted by molar-refractivity contribution is 5.80. The van der Waals surface area contributed by atoms with Gasteiger partial charge < -0.3 is 10.1 Å². The molecule has 1 saturated carbocycles. The first-order valence-corrected chi connectivity index (χ1v) is 10.8. The summed E-state index contributed by atoms with van der Waals surface area (Å²) in [5.41, 5.74) is 4.68. The SMILES string of the molecule is CC#Cc1cc(CC)c(CC(=O)NC2(C)CCC(CCOC)CC2)c(CC)c1. The molecule has 1 amide bonds. The Balaban J connectivity index is 2.05. The largest absolute Gasteiger partial charge is 0.385 e. The Morgan fingerprint density at radius 1 is 1.21 bits per heavy atom. The number of carbonyl (C=O) groups is 1. The molecule has 0 spiro atoms. The van der Waals surface area contributed by atoms with E-state index in [-0.39, 0.29) is 11.4 Å². The van der Waals surface area contributed by atoms with Crippen molar-refractivity contribution in [1.29, 1.82) is 0 Å². The number of rotatable bonds is 8. The van der Waals surface area contributed by atoms with Crippen LogP contribution < -0.4 is 5.32 Å². The van der Waals surface area contributed by atoms with Crippen molar-refractivity contribution in [2.24, 2.45) is 5.92 Å². The third-order valence-electron chi connectivity index (χ3n) is 6.18. The van der Waals surface area contributed by atoms with Crippen molar-refractivity contribution in [1.82, 2.24) is 5.32 Å². The van der Waals surface area contributed by atoms with Crippen molar-refractivity contribution in [3.63, 3.8) is 0 Å². The lowest BCUT2D eigenvalue weighted by Crippen LogP contribution is -2.49. The Morgan fingerprint density at radius 2 is 1.82 bits per heavy atom. The number of methoxy groups -OCH3 is 1. The zero-order valence-electron chi connectivity index (χ0n) is 18.4. The number of benzene rings is 1. The molecule has 3 heteroatoms. The van der Waals surface area contributed by atoms with Gasteiger partial charge in [-0.2, -0.15) is 0 Å². The first kappa shape index (κ1) is 22.5. The maximum Gasteiger partial charge on any atom is 0.224 e. The molecule has 1 N–H and O–H groups in total. The van der Waals surface area contributed by atoms with Crippen LogP contribution in [0.5, 0.6) is 0 Å². The molecule has 154 valence electrons. The molecule has 0 atom stereocenters. The molecule has 3 nitrogen and oxygen atoms in total. The van der Waals surface area contributed by atoms with Gasteiger partial charge in [0.25, 0.3) is 0 Å². The molecular weight excluding hydrogens is 346 g/mol. The van der Waals surface area contributed by atoms with Crippen molar-refractivity contribution >= 4 is 5.91 Å². The third kappa shape index (κ3) is 6.11. The molecule has 0 saturated heterocycles. The van der Waals surface area contributed by atoms with Gasteiger partial charge in [-0.1, -0.05) is 19.8 Å². The van der Waals surface area contributed by atoms with Crippen molar-refractivity contribution in [2.45, 2.75) is 84.6 Å². The number of nitrogens with one attached hydrogen (secondary N) is 1. The lowest BCUT2D eigenvalue weighted by Gasteiger charge is -2.38. The lowest BCUT2D eigenvalue weighted by molar-refractivity contribution is -0.122. The predicted molar refractivity (Wildman–Crippen MR) is 116 cm³/mol. The normalized spacial score (nSPS) is 21.7. The van der Waals surface area contributed by atoms with E-state index in [4.69, 9.17) is 4.74 Å². The molecule has 0 heterocycles. The Bertz CT molecular complexity index is 693. The molecule has 0 aromatic heterocycles. The minimum absolute atomic E-state index is 0.0764. The first-order valence-electron chi connectivity index (χ1n) is 10.8. The van der Waals surface area contributed by atoms with Crippen LogP contribution in [0.4, 0.5) is 0 Å². The monoisotopic (exact) mass is 383 g/mol. The number of hydrogen-bond acceptors (Lipinski definition) is 2. The molecule has 0 unspecified atom stereocenters. The average Bonchev–Trinajstić information content (AvgIpc) is 2.68. The molecule has 0 bridgehead atoms. The third-order valence-corrected chi connectivity index (χ3v) is 6.18. The summed E-state index contributed by atoms with van der Waals surface area (Å²) in [5, 5.41) is 3.36. The molecule has 1 fully saturated rings. The lowest BCUT2D eigenvalue weighted by atomic mass is 9.76. The van der Waals surface area contributed by atoms with Crippen LogP contribution in [-0.4, -0.2) is 25.2 Å². The van der Waals surface area contributed by atoms with Crippen molar-refractivity contribution < 1.29 is 9.53 Å². The van der Waals surface area contributed by atoms with Crippen LogP contribution in [0.3, 0.4) is 0 Å².